The molecule has 0 atom stereocenters. The van der Waals surface area contributed by atoms with Gasteiger partial charge in [0.2, 0.25) is 5.91 Å². The van der Waals surface area contributed by atoms with Crippen molar-refractivity contribution in [2.45, 2.75) is 12.8 Å². The largest absolute Gasteiger partial charge is 0.478 e. The highest BCUT2D eigenvalue weighted by Gasteiger charge is 2.13. The Labute approximate surface area is 126 Å². The number of amides is 1. The van der Waals surface area contributed by atoms with Gasteiger partial charge in [-0.25, -0.2) is 9.78 Å². The Balaban J connectivity index is 2.00. The van der Waals surface area contributed by atoms with Crippen molar-refractivity contribution in [3.63, 3.8) is 0 Å². The second-order valence-corrected chi connectivity index (χ2v) is 4.75. The minimum Gasteiger partial charge on any atom is -0.478 e. The van der Waals surface area contributed by atoms with Gasteiger partial charge >= 0.3 is 5.97 Å². The lowest BCUT2D eigenvalue weighted by atomic mass is 10.1. The summed E-state index contributed by atoms with van der Waals surface area (Å²) >= 11 is 6.01. The minimum atomic E-state index is -1.13. The normalized spacial score (nSPS) is 10.1. The van der Waals surface area contributed by atoms with Crippen LogP contribution in [-0.2, 0) is 11.2 Å². The number of benzene rings is 1. The lowest BCUT2D eigenvalue weighted by Crippen LogP contribution is -2.16. The lowest BCUT2D eigenvalue weighted by molar-refractivity contribution is -0.116. The highest BCUT2D eigenvalue weighted by Crippen LogP contribution is 2.17. The first-order chi connectivity index (χ1) is 10.1. The number of pyridine rings is 1. The molecule has 0 bridgehead atoms. The van der Waals surface area contributed by atoms with Gasteiger partial charge in [-0.2, -0.15) is 0 Å². The Morgan fingerprint density at radius 1 is 1.19 bits per heavy atom. The number of carbonyl (C=O) groups is 2. The van der Waals surface area contributed by atoms with E-state index in [1.54, 1.807) is 6.07 Å². The summed E-state index contributed by atoms with van der Waals surface area (Å²) in [6.45, 7) is 0. The molecule has 108 valence electrons. The summed E-state index contributed by atoms with van der Waals surface area (Å²) in [7, 11) is 0. The molecule has 0 aliphatic heterocycles. The van der Waals surface area contributed by atoms with E-state index < -0.39 is 5.97 Å². The van der Waals surface area contributed by atoms with Crippen molar-refractivity contribution in [3.05, 3.63) is 58.7 Å². The van der Waals surface area contributed by atoms with Gasteiger partial charge in [-0.3, -0.25) is 4.79 Å². The van der Waals surface area contributed by atoms with Crippen LogP contribution in [0.2, 0.25) is 5.02 Å². The molecule has 1 amide bonds. The summed E-state index contributed by atoms with van der Waals surface area (Å²) < 4.78 is 0. The number of halogens is 1. The van der Waals surface area contributed by atoms with Gasteiger partial charge in [-0.05, 0) is 30.2 Å². The van der Waals surface area contributed by atoms with Gasteiger partial charge in [0.1, 0.15) is 11.4 Å². The number of rotatable bonds is 5. The lowest BCUT2D eigenvalue weighted by Gasteiger charge is -2.07. The van der Waals surface area contributed by atoms with Gasteiger partial charge in [-0.15, -0.1) is 0 Å². The maximum absolute atomic E-state index is 11.9. The third-order valence-corrected chi connectivity index (χ3v) is 3.24. The van der Waals surface area contributed by atoms with E-state index in [2.05, 4.69) is 10.3 Å². The highest BCUT2D eigenvalue weighted by molar-refractivity contribution is 6.31. The standard InChI is InChI=1S/C15H13ClN2O3/c16-12-6-2-1-4-10(12)7-8-13(19)18-14-11(15(20)21)5-3-9-17-14/h1-6,9H,7-8H2,(H,20,21)(H,17,18,19). The first-order valence-corrected chi connectivity index (χ1v) is 6.67. The van der Waals surface area contributed by atoms with Gasteiger partial charge in [0.05, 0.1) is 0 Å². The average Bonchev–Trinajstić information content (AvgIpc) is 2.47. The third kappa shape index (κ3) is 4.03. The predicted molar refractivity (Wildman–Crippen MR) is 79.6 cm³/mol. The van der Waals surface area contributed by atoms with E-state index in [-0.39, 0.29) is 23.7 Å². The molecule has 5 nitrogen and oxygen atoms in total. The maximum Gasteiger partial charge on any atom is 0.339 e. The number of anilines is 1. The fourth-order valence-corrected chi connectivity index (χ4v) is 2.05. The number of carboxylic acid groups (broad SMARTS) is 1. The molecule has 1 aromatic carbocycles. The van der Waals surface area contributed by atoms with Crippen LogP contribution in [0.25, 0.3) is 0 Å². The molecule has 0 spiro atoms. The van der Waals surface area contributed by atoms with Gasteiger partial charge in [0.25, 0.3) is 0 Å². The van der Waals surface area contributed by atoms with E-state index in [1.165, 1.54) is 18.3 Å². The summed E-state index contributed by atoms with van der Waals surface area (Å²) in [6.07, 6.45) is 2.09. The molecule has 2 rings (SSSR count). The molecule has 0 aliphatic rings. The van der Waals surface area contributed by atoms with Crippen molar-refractivity contribution < 1.29 is 14.7 Å². The fourth-order valence-electron chi connectivity index (χ4n) is 1.82. The number of hydrogen-bond acceptors (Lipinski definition) is 3. The second kappa shape index (κ2) is 6.85. The van der Waals surface area contributed by atoms with Gasteiger partial charge in [0, 0.05) is 17.6 Å². The summed E-state index contributed by atoms with van der Waals surface area (Å²) in [4.78, 5) is 26.8. The number of nitrogens with zero attached hydrogens (tertiary/aromatic N) is 1. The quantitative estimate of drug-likeness (QED) is 0.890. The van der Waals surface area contributed by atoms with Crippen LogP contribution in [0.4, 0.5) is 5.82 Å². The fraction of sp³-hybridized carbons (Fsp3) is 0.133. The summed E-state index contributed by atoms with van der Waals surface area (Å²) in [6, 6.07) is 10.2. The average molecular weight is 305 g/mol. The van der Waals surface area contributed by atoms with Crippen molar-refractivity contribution in [1.29, 1.82) is 0 Å². The Kier molecular flexibility index (Phi) is 4.90. The zero-order chi connectivity index (χ0) is 15.2. The van der Waals surface area contributed by atoms with Crippen LogP contribution >= 0.6 is 11.6 Å². The van der Waals surface area contributed by atoms with Crippen LogP contribution < -0.4 is 5.32 Å². The van der Waals surface area contributed by atoms with Crippen molar-refractivity contribution >= 4 is 29.3 Å². The third-order valence-electron chi connectivity index (χ3n) is 2.88. The van der Waals surface area contributed by atoms with Crippen LogP contribution in [0.15, 0.2) is 42.6 Å². The van der Waals surface area contributed by atoms with E-state index in [1.807, 2.05) is 18.2 Å². The monoisotopic (exact) mass is 304 g/mol. The molecule has 0 fully saturated rings. The number of aryl methyl sites for hydroxylation is 1. The molecule has 0 saturated carbocycles. The zero-order valence-electron chi connectivity index (χ0n) is 11.0. The van der Waals surface area contributed by atoms with Crippen LogP contribution in [0.1, 0.15) is 22.3 Å². The van der Waals surface area contributed by atoms with Crippen LogP contribution in [-0.4, -0.2) is 22.0 Å². The Morgan fingerprint density at radius 3 is 2.67 bits per heavy atom. The molecular weight excluding hydrogens is 292 g/mol. The van der Waals surface area contributed by atoms with Crippen LogP contribution in [0, 0.1) is 0 Å². The molecule has 0 saturated heterocycles. The Morgan fingerprint density at radius 2 is 1.95 bits per heavy atom. The minimum absolute atomic E-state index is 0.0383. The first kappa shape index (κ1) is 15.0. The molecule has 6 heteroatoms. The summed E-state index contributed by atoms with van der Waals surface area (Å²) in [5, 5.41) is 12.1. The number of carbonyl (C=O) groups excluding carboxylic acids is 1. The molecule has 2 N–H and O–H groups in total. The number of carboxylic acids is 1. The second-order valence-electron chi connectivity index (χ2n) is 4.34. The Bertz CT molecular complexity index is 673. The smallest absolute Gasteiger partial charge is 0.339 e. The van der Waals surface area contributed by atoms with Crippen molar-refractivity contribution in [3.8, 4) is 0 Å². The summed E-state index contributed by atoms with van der Waals surface area (Å²) in [5.74, 6) is -1.39. The highest BCUT2D eigenvalue weighted by atomic mass is 35.5. The van der Waals surface area contributed by atoms with Gasteiger partial charge < -0.3 is 10.4 Å². The summed E-state index contributed by atoms with van der Waals surface area (Å²) in [5.41, 5.74) is 0.831. The molecule has 2 aromatic rings. The molecule has 1 aromatic heterocycles. The SMILES string of the molecule is O=C(CCc1ccccc1Cl)Nc1ncccc1C(=O)O. The molecule has 0 unspecified atom stereocenters. The predicted octanol–water partition coefficient (Wildman–Crippen LogP) is 3.00. The topological polar surface area (TPSA) is 79.3 Å². The van der Waals surface area contributed by atoms with Gasteiger partial charge in [0.15, 0.2) is 0 Å². The van der Waals surface area contributed by atoms with E-state index in [4.69, 9.17) is 16.7 Å². The number of aromatic nitrogens is 1. The number of hydrogen-bond donors (Lipinski definition) is 2. The van der Waals surface area contributed by atoms with Gasteiger partial charge in [-0.1, -0.05) is 29.8 Å². The number of aromatic carboxylic acids is 1. The number of nitrogens with one attached hydrogen (secondary N) is 1. The van der Waals surface area contributed by atoms with Crippen molar-refractivity contribution in [2.24, 2.45) is 0 Å². The molecule has 0 radical (unpaired) electrons. The van der Waals surface area contributed by atoms with E-state index in [0.717, 1.165) is 5.56 Å². The maximum atomic E-state index is 11.9. The Hall–Kier alpha value is -2.40. The first-order valence-electron chi connectivity index (χ1n) is 6.29. The molecule has 0 aliphatic carbocycles. The van der Waals surface area contributed by atoms with Crippen molar-refractivity contribution in [2.75, 3.05) is 5.32 Å². The van der Waals surface area contributed by atoms with E-state index in [0.29, 0.717) is 11.4 Å². The van der Waals surface area contributed by atoms with E-state index in [9.17, 15) is 9.59 Å². The van der Waals surface area contributed by atoms with E-state index >= 15 is 0 Å². The van der Waals surface area contributed by atoms with Crippen LogP contribution in [0.3, 0.4) is 0 Å². The molecule has 1 heterocycles. The molecular formula is C15H13ClN2O3. The van der Waals surface area contributed by atoms with Crippen molar-refractivity contribution in [1.82, 2.24) is 4.98 Å². The molecule has 21 heavy (non-hydrogen) atoms. The zero-order valence-corrected chi connectivity index (χ0v) is 11.8. The van der Waals surface area contributed by atoms with Crippen LogP contribution in [0.5, 0.6) is 0 Å².